The molecule has 40 heavy (non-hydrogen) atoms. The van der Waals surface area contributed by atoms with Crippen molar-refractivity contribution in [1.29, 1.82) is 0 Å². The molecule has 3 N–H and O–H groups in total. The first-order valence-electron chi connectivity index (χ1n) is 12.1. The van der Waals surface area contributed by atoms with Crippen molar-refractivity contribution in [3.8, 4) is 5.75 Å². The molecule has 2 amide bonds. The van der Waals surface area contributed by atoms with Gasteiger partial charge >= 0.3 is 5.97 Å². The molecule has 0 saturated heterocycles. The van der Waals surface area contributed by atoms with E-state index in [2.05, 4.69) is 5.32 Å². The van der Waals surface area contributed by atoms with Crippen molar-refractivity contribution in [2.45, 2.75) is 30.3 Å². The highest BCUT2D eigenvalue weighted by atomic mass is 35.5. The molecule has 9 nitrogen and oxygen atoms in total. The minimum absolute atomic E-state index is 0.00483. The van der Waals surface area contributed by atoms with Gasteiger partial charge in [0.2, 0.25) is 5.91 Å². The first-order chi connectivity index (χ1) is 19.0. The molecule has 1 aliphatic heterocycles. The summed E-state index contributed by atoms with van der Waals surface area (Å²) >= 11 is 13.0. The fourth-order valence-electron chi connectivity index (χ4n) is 4.41. The van der Waals surface area contributed by atoms with Gasteiger partial charge in [-0.3, -0.25) is 9.59 Å². The van der Waals surface area contributed by atoms with E-state index in [-0.39, 0.29) is 45.1 Å². The van der Waals surface area contributed by atoms with Crippen molar-refractivity contribution >= 4 is 57.8 Å². The number of carbonyl (C=O) groups is 3. The van der Waals surface area contributed by atoms with Crippen molar-refractivity contribution in [1.82, 2.24) is 10.2 Å². The maximum atomic E-state index is 13.1. The average molecular weight is 603 g/mol. The van der Waals surface area contributed by atoms with E-state index in [1.807, 2.05) is 0 Å². The Morgan fingerprint density at radius 1 is 1.07 bits per heavy atom. The van der Waals surface area contributed by atoms with Crippen molar-refractivity contribution in [2.24, 2.45) is 0 Å². The van der Waals surface area contributed by atoms with Gasteiger partial charge in [-0.15, -0.1) is 0 Å². The van der Waals surface area contributed by atoms with Crippen molar-refractivity contribution in [2.75, 3.05) is 6.54 Å². The molecule has 0 aromatic heterocycles. The van der Waals surface area contributed by atoms with Crippen LogP contribution < -0.4 is 5.32 Å². The lowest BCUT2D eigenvalue weighted by atomic mass is 9.96. The smallest absolute Gasteiger partial charge is 0.326 e. The van der Waals surface area contributed by atoms with E-state index in [9.17, 15) is 33.0 Å². The summed E-state index contributed by atoms with van der Waals surface area (Å²) in [4.78, 5) is 39.4. The van der Waals surface area contributed by atoms with Gasteiger partial charge in [0.1, 0.15) is 11.8 Å². The molecule has 12 heteroatoms. The monoisotopic (exact) mass is 602 g/mol. The number of amides is 2. The summed E-state index contributed by atoms with van der Waals surface area (Å²) < 4.78 is 22.6. The Kier molecular flexibility index (Phi) is 9.14. The number of benzene rings is 3. The molecule has 3 aromatic rings. The second-order valence-electron chi connectivity index (χ2n) is 9.08. The first kappa shape index (κ1) is 29.1. The molecule has 0 saturated carbocycles. The van der Waals surface area contributed by atoms with Crippen LogP contribution in [0.5, 0.6) is 5.75 Å². The van der Waals surface area contributed by atoms with Crippen molar-refractivity contribution < 1.29 is 33.0 Å². The summed E-state index contributed by atoms with van der Waals surface area (Å²) in [5.74, 6) is -2.34. The highest BCUT2D eigenvalue weighted by molar-refractivity contribution is 7.72. The third-order valence-electron chi connectivity index (χ3n) is 6.45. The van der Waals surface area contributed by atoms with Crippen LogP contribution in [-0.4, -0.2) is 53.9 Å². The number of carboxylic acids is 1. The topological polar surface area (TPSA) is 141 Å². The molecular weight excluding hydrogens is 579 g/mol. The predicted octanol–water partition coefficient (Wildman–Crippen LogP) is 3.69. The van der Waals surface area contributed by atoms with Crippen LogP contribution in [0.1, 0.15) is 32.6 Å². The number of carboxylic acid groups (broad SMARTS) is 1. The average Bonchev–Trinajstić information content (AvgIpc) is 2.91. The number of rotatable bonds is 8. The second-order valence-corrected chi connectivity index (χ2v) is 10.9. The SMILES string of the molecule is O=C(N[C@@H](Cc1cccc([SH](=O)=O)c1)C(=O)O)c1c(Cl)cc2c(c1Cl)CCN(C(=O)/C=C/c1ccccc1O)C2. The molecule has 0 spiro atoms. The van der Waals surface area contributed by atoms with Gasteiger partial charge in [0, 0.05) is 31.1 Å². The largest absolute Gasteiger partial charge is 0.507 e. The number of phenols is 1. The van der Waals surface area contributed by atoms with Gasteiger partial charge < -0.3 is 20.4 Å². The van der Waals surface area contributed by atoms with Gasteiger partial charge in [-0.2, -0.15) is 0 Å². The Balaban J connectivity index is 1.50. The van der Waals surface area contributed by atoms with E-state index in [0.29, 0.717) is 35.2 Å². The number of hydrogen-bond donors (Lipinski definition) is 4. The molecule has 0 bridgehead atoms. The summed E-state index contributed by atoms with van der Waals surface area (Å²) in [6.07, 6.45) is 3.06. The highest BCUT2D eigenvalue weighted by Gasteiger charge is 2.29. The van der Waals surface area contributed by atoms with E-state index in [1.165, 1.54) is 42.5 Å². The summed E-state index contributed by atoms with van der Waals surface area (Å²) in [5, 5.41) is 22.1. The lowest BCUT2D eigenvalue weighted by molar-refractivity contribution is -0.139. The van der Waals surface area contributed by atoms with Crippen LogP contribution in [0.2, 0.25) is 10.0 Å². The molecule has 4 rings (SSSR count). The van der Waals surface area contributed by atoms with E-state index in [0.717, 1.165) is 0 Å². The Morgan fingerprint density at radius 3 is 2.52 bits per heavy atom. The molecule has 1 atom stereocenters. The number of aromatic hydroxyl groups is 1. The van der Waals surface area contributed by atoms with Gasteiger partial charge in [0.05, 0.1) is 20.5 Å². The van der Waals surface area contributed by atoms with Gasteiger partial charge in [-0.1, -0.05) is 53.5 Å². The summed E-state index contributed by atoms with van der Waals surface area (Å²) in [7, 11) is -2.85. The van der Waals surface area contributed by atoms with E-state index >= 15 is 0 Å². The fourth-order valence-corrected chi connectivity index (χ4v) is 5.65. The maximum absolute atomic E-state index is 13.1. The van der Waals surface area contributed by atoms with Crippen LogP contribution in [0.25, 0.3) is 6.08 Å². The summed E-state index contributed by atoms with van der Waals surface area (Å²) in [6, 6.07) is 12.6. The number of hydrogen-bond acceptors (Lipinski definition) is 6. The number of carbonyl (C=O) groups excluding carboxylic acids is 2. The Labute approximate surface area is 241 Å². The van der Waals surface area contributed by atoms with Crippen LogP contribution in [0, 0.1) is 0 Å². The molecule has 0 unspecified atom stereocenters. The normalized spacial score (nSPS) is 13.7. The number of nitrogens with one attached hydrogen (secondary N) is 1. The van der Waals surface area contributed by atoms with Crippen LogP contribution >= 0.6 is 23.2 Å². The quantitative estimate of drug-likeness (QED) is 0.227. The number of nitrogens with zero attached hydrogens (tertiary/aromatic N) is 1. The van der Waals surface area contributed by atoms with Crippen LogP contribution in [0.4, 0.5) is 0 Å². The molecule has 0 aliphatic carbocycles. The molecule has 0 fully saturated rings. The molecule has 1 heterocycles. The lowest BCUT2D eigenvalue weighted by Crippen LogP contribution is -2.42. The number of phenolic OH excluding ortho intramolecular Hbond substituents is 1. The summed E-state index contributed by atoms with van der Waals surface area (Å²) in [5.41, 5.74) is 2.12. The first-order valence-corrected chi connectivity index (χ1v) is 14.0. The number of halogens is 2. The van der Waals surface area contributed by atoms with Crippen LogP contribution in [-0.2, 0) is 39.7 Å². The van der Waals surface area contributed by atoms with E-state index in [1.54, 1.807) is 29.2 Å². The molecule has 208 valence electrons. The lowest BCUT2D eigenvalue weighted by Gasteiger charge is -2.29. The Bertz CT molecular complexity index is 1600. The Hall–Kier alpha value is -3.86. The minimum atomic E-state index is -2.85. The molecule has 1 aliphatic rings. The maximum Gasteiger partial charge on any atom is 0.326 e. The zero-order chi connectivity index (χ0) is 29.0. The second kappa shape index (κ2) is 12.5. The third-order valence-corrected chi connectivity index (χ3v) is 7.87. The van der Waals surface area contributed by atoms with Gasteiger partial charge in [-0.25, -0.2) is 13.2 Å². The predicted molar refractivity (Wildman–Crippen MR) is 150 cm³/mol. The highest BCUT2D eigenvalue weighted by Crippen LogP contribution is 2.35. The number of aliphatic carboxylic acids is 1. The molecule has 3 aromatic carbocycles. The summed E-state index contributed by atoms with van der Waals surface area (Å²) in [6.45, 7) is 0.506. The van der Waals surface area contributed by atoms with E-state index in [4.69, 9.17) is 23.2 Å². The number of fused-ring (bicyclic) bond motifs is 1. The van der Waals surface area contributed by atoms with Gasteiger partial charge in [-0.05, 0) is 53.5 Å². The third kappa shape index (κ3) is 6.64. The minimum Gasteiger partial charge on any atom is -0.507 e. The number of para-hydroxylation sites is 1. The zero-order valence-corrected chi connectivity index (χ0v) is 23.2. The van der Waals surface area contributed by atoms with Crippen LogP contribution in [0.3, 0.4) is 0 Å². The molecule has 0 radical (unpaired) electrons. The van der Waals surface area contributed by atoms with Gasteiger partial charge in [0.25, 0.3) is 5.91 Å². The van der Waals surface area contributed by atoms with E-state index < -0.39 is 28.6 Å². The zero-order valence-electron chi connectivity index (χ0n) is 20.8. The fraction of sp³-hybridized carbons (Fsp3) is 0.179. The Morgan fingerprint density at radius 2 is 1.82 bits per heavy atom. The standard InChI is InChI=1S/C28H24Cl2N2O7S/c29-21-14-18-15-32(24(34)9-8-17-5-1-2-7-23(17)33)11-10-20(18)26(30)25(21)27(35)31-22(28(36)37)13-16-4-3-6-19(12-16)40(38)39/h1-9,12,14,22,33,40H,10-11,13,15H2,(H,31,35)(H,36,37)/b9-8+/t22-/m0/s1. The van der Waals surface area contributed by atoms with Crippen LogP contribution in [0.15, 0.2) is 65.6 Å². The number of thiol groups is 1. The van der Waals surface area contributed by atoms with Gasteiger partial charge in [0.15, 0.2) is 10.7 Å². The van der Waals surface area contributed by atoms with Crippen molar-refractivity contribution in [3.63, 3.8) is 0 Å². The molecular formula is C28H24Cl2N2O7S. The van der Waals surface area contributed by atoms with Crippen molar-refractivity contribution in [3.05, 3.63) is 98.5 Å².